The Morgan fingerprint density at radius 2 is 2.00 bits per heavy atom. The van der Waals surface area contributed by atoms with Crippen LogP contribution in [0.15, 0.2) is 24.3 Å². The first kappa shape index (κ1) is 15.4. The lowest BCUT2D eigenvalue weighted by molar-refractivity contribution is -0.154. The van der Waals surface area contributed by atoms with Crippen LogP contribution in [0.3, 0.4) is 0 Å². The van der Waals surface area contributed by atoms with Gasteiger partial charge in [-0.2, -0.15) is 0 Å². The van der Waals surface area contributed by atoms with Gasteiger partial charge in [0, 0.05) is 6.54 Å². The Morgan fingerprint density at radius 3 is 2.67 bits per heavy atom. The van der Waals surface area contributed by atoms with E-state index in [0.717, 1.165) is 0 Å². The zero-order valence-electron chi connectivity index (χ0n) is 12.9. The molecule has 0 spiro atoms. The van der Waals surface area contributed by atoms with Gasteiger partial charge in [0.1, 0.15) is 11.4 Å². The van der Waals surface area contributed by atoms with Crippen LogP contribution in [0.5, 0.6) is 5.75 Å². The number of esters is 1. The fourth-order valence-electron chi connectivity index (χ4n) is 2.19. The van der Waals surface area contributed by atoms with E-state index in [1.165, 1.54) is 0 Å². The lowest BCUT2D eigenvalue weighted by Gasteiger charge is -2.33. The van der Waals surface area contributed by atoms with Crippen LogP contribution in [0.4, 0.5) is 5.69 Å². The molecular weight excluding hydrogens is 270 g/mol. The van der Waals surface area contributed by atoms with E-state index in [1.54, 1.807) is 11.8 Å². The van der Waals surface area contributed by atoms with Crippen molar-refractivity contribution < 1.29 is 19.1 Å². The smallest absolute Gasteiger partial charge is 0.308 e. The summed E-state index contributed by atoms with van der Waals surface area (Å²) in [4.78, 5) is 25.6. The quantitative estimate of drug-likeness (QED) is 0.803. The van der Waals surface area contributed by atoms with Gasteiger partial charge in [0.2, 0.25) is 0 Å². The molecule has 2 rings (SSSR count). The molecule has 1 aliphatic rings. The second-order valence-electron chi connectivity index (χ2n) is 6.05. The van der Waals surface area contributed by atoms with Gasteiger partial charge < -0.3 is 14.4 Å². The van der Waals surface area contributed by atoms with Crippen molar-refractivity contribution in [2.45, 2.75) is 45.8 Å². The Hall–Kier alpha value is -2.04. The number of nitrogens with zero attached hydrogens (tertiary/aromatic N) is 1. The zero-order valence-corrected chi connectivity index (χ0v) is 12.9. The van der Waals surface area contributed by atoms with Gasteiger partial charge in [-0.05, 0) is 39.8 Å². The summed E-state index contributed by atoms with van der Waals surface area (Å²) in [5.74, 6) is 0.206. The molecule has 0 bridgehead atoms. The molecule has 1 amide bonds. The molecule has 1 aromatic carbocycles. The molecule has 0 aliphatic carbocycles. The molecule has 1 aromatic rings. The predicted octanol–water partition coefficient (Wildman–Crippen LogP) is 2.53. The molecule has 0 saturated carbocycles. The summed E-state index contributed by atoms with van der Waals surface area (Å²) >= 11 is 0. The van der Waals surface area contributed by atoms with Crippen molar-refractivity contribution >= 4 is 17.6 Å². The Morgan fingerprint density at radius 1 is 1.33 bits per heavy atom. The lowest BCUT2D eigenvalue weighted by Crippen LogP contribution is -2.45. The number of anilines is 1. The van der Waals surface area contributed by atoms with E-state index in [9.17, 15) is 9.59 Å². The van der Waals surface area contributed by atoms with Gasteiger partial charge in [-0.1, -0.05) is 12.1 Å². The summed E-state index contributed by atoms with van der Waals surface area (Å²) in [5.41, 5.74) is 0.182. The van der Waals surface area contributed by atoms with Crippen LogP contribution < -0.4 is 9.64 Å². The van der Waals surface area contributed by atoms with Gasteiger partial charge in [-0.25, -0.2) is 0 Å². The van der Waals surface area contributed by atoms with Gasteiger partial charge in [0.05, 0.1) is 12.1 Å². The Bertz CT molecular complexity index is 547. The predicted molar refractivity (Wildman–Crippen MR) is 79.3 cm³/mol. The number of rotatable bonds is 3. The first-order chi connectivity index (χ1) is 9.78. The molecule has 114 valence electrons. The van der Waals surface area contributed by atoms with E-state index in [4.69, 9.17) is 9.47 Å². The second-order valence-corrected chi connectivity index (χ2v) is 6.05. The van der Waals surface area contributed by atoms with Gasteiger partial charge in [0.15, 0.2) is 6.10 Å². The van der Waals surface area contributed by atoms with Crippen molar-refractivity contribution in [1.29, 1.82) is 0 Å². The largest absolute Gasteiger partial charge is 0.479 e. The van der Waals surface area contributed by atoms with Crippen LogP contribution in [-0.2, 0) is 14.3 Å². The zero-order chi connectivity index (χ0) is 15.6. The number of ether oxygens (including phenoxy) is 2. The molecular formula is C16H21NO4. The van der Waals surface area contributed by atoms with Crippen LogP contribution in [0, 0.1) is 0 Å². The van der Waals surface area contributed by atoms with Crippen LogP contribution in [-0.4, -0.2) is 30.1 Å². The van der Waals surface area contributed by atoms with Crippen molar-refractivity contribution in [3.8, 4) is 5.75 Å². The molecule has 1 aliphatic heterocycles. The van der Waals surface area contributed by atoms with Crippen LogP contribution in [0.2, 0.25) is 0 Å². The van der Waals surface area contributed by atoms with Crippen molar-refractivity contribution in [3.05, 3.63) is 24.3 Å². The normalized spacial score (nSPS) is 18.0. The lowest BCUT2D eigenvalue weighted by atomic mass is 10.1. The van der Waals surface area contributed by atoms with Crippen molar-refractivity contribution in [1.82, 2.24) is 0 Å². The molecule has 1 heterocycles. The SMILES string of the molecule is CC1Oc2ccccc2N(CCC(=O)OC(C)(C)C)C1=O. The third-order valence-corrected chi connectivity index (χ3v) is 3.03. The molecule has 5 heteroatoms. The third-order valence-electron chi connectivity index (χ3n) is 3.03. The average Bonchev–Trinajstić information content (AvgIpc) is 2.37. The highest BCUT2D eigenvalue weighted by molar-refractivity contribution is 6.00. The highest BCUT2D eigenvalue weighted by atomic mass is 16.6. The first-order valence-electron chi connectivity index (χ1n) is 7.07. The number of benzene rings is 1. The summed E-state index contributed by atoms with van der Waals surface area (Å²) in [7, 11) is 0. The van der Waals surface area contributed by atoms with E-state index in [-0.39, 0.29) is 18.3 Å². The molecule has 0 aromatic heterocycles. The molecule has 0 saturated heterocycles. The number of carbonyl (C=O) groups is 2. The van der Waals surface area contributed by atoms with E-state index >= 15 is 0 Å². The Balaban J connectivity index is 2.08. The number of carbonyl (C=O) groups excluding carboxylic acids is 2. The molecule has 21 heavy (non-hydrogen) atoms. The molecule has 5 nitrogen and oxygen atoms in total. The van der Waals surface area contributed by atoms with E-state index in [2.05, 4.69) is 0 Å². The topological polar surface area (TPSA) is 55.8 Å². The maximum atomic E-state index is 12.2. The van der Waals surface area contributed by atoms with Crippen LogP contribution in [0.25, 0.3) is 0 Å². The summed E-state index contributed by atoms with van der Waals surface area (Å²) < 4.78 is 10.8. The number of hydrogen-bond acceptors (Lipinski definition) is 4. The molecule has 1 atom stereocenters. The fourth-order valence-corrected chi connectivity index (χ4v) is 2.19. The molecule has 0 N–H and O–H groups in total. The first-order valence-corrected chi connectivity index (χ1v) is 7.07. The summed E-state index contributed by atoms with van der Waals surface area (Å²) in [5, 5.41) is 0. The summed E-state index contributed by atoms with van der Waals surface area (Å²) in [6.07, 6.45) is -0.386. The number of amides is 1. The number of hydrogen-bond donors (Lipinski definition) is 0. The van der Waals surface area contributed by atoms with Crippen molar-refractivity contribution in [2.75, 3.05) is 11.4 Å². The average molecular weight is 291 g/mol. The minimum Gasteiger partial charge on any atom is -0.479 e. The highest BCUT2D eigenvalue weighted by Gasteiger charge is 2.31. The highest BCUT2D eigenvalue weighted by Crippen LogP contribution is 2.33. The van der Waals surface area contributed by atoms with Gasteiger partial charge >= 0.3 is 5.97 Å². The number of para-hydroxylation sites is 2. The van der Waals surface area contributed by atoms with Gasteiger partial charge in [0.25, 0.3) is 5.91 Å². The maximum absolute atomic E-state index is 12.2. The third kappa shape index (κ3) is 3.74. The maximum Gasteiger partial charge on any atom is 0.308 e. The van der Waals surface area contributed by atoms with Crippen molar-refractivity contribution in [3.63, 3.8) is 0 Å². The number of fused-ring (bicyclic) bond motifs is 1. The van der Waals surface area contributed by atoms with E-state index in [1.807, 2.05) is 45.0 Å². The molecule has 1 unspecified atom stereocenters. The minimum absolute atomic E-state index is 0.141. The fraction of sp³-hybridized carbons (Fsp3) is 0.500. The molecule has 0 fully saturated rings. The van der Waals surface area contributed by atoms with E-state index in [0.29, 0.717) is 18.0 Å². The van der Waals surface area contributed by atoms with Crippen LogP contribution >= 0.6 is 0 Å². The summed E-state index contributed by atoms with van der Waals surface area (Å²) in [6.45, 7) is 7.46. The Kier molecular flexibility index (Phi) is 4.21. The monoisotopic (exact) mass is 291 g/mol. The summed E-state index contributed by atoms with van der Waals surface area (Å²) in [6, 6.07) is 7.33. The van der Waals surface area contributed by atoms with Gasteiger partial charge in [-0.3, -0.25) is 9.59 Å². The van der Waals surface area contributed by atoms with Crippen molar-refractivity contribution in [2.24, 2.45) is 0 Å². The van der Waals surface area contributed by atoms with Gasteiger partial charge in [-0.15, -0.1) is 0 Å². The minimum atomic E-state index is -0.543. The Labute approximate surface area is 124 Å². The standard InChI is InChI=1S/C16H21NO4/c1-11-15(19)17(10-9-14(18)21-16(2,3)4)12-7-5-6-8-13(12)20-11/h5-8,11H,9-10H2,1-4H3. The van der Waals surface area contributed by atoms with E-state index < -0.39 is 11.7 Å². The van der Waals surface area contributed by atoms with Crippen LogP contribution in [0.1, 0.15) is 34.1 Å². The second kappa shape index (κ2) is 5.76. The molecule has 0 radical (unpaired) electrons.